The fraction of sp³-hybridized carbons (Fsp3) is 0.857. The quantitative estimate of drug-likeness (QED) is 0.853. The highest BCUT2D eigenvalue weighted by molar-refractivity contribution is 5.83. The van der Waals surface area contributed by atoms with Crippen LogP contribution in [-0.4, -0.2) is 40.6 Å². The van der Waals surface area contributed by atoms with Crippen LogP contribution in [0.4, 0.5) is 4.39 Å². The highest BCUT2D eigenvalue weighted by Crippen LogP contribution is 2.32. The Kier molecular flexibility index (Phi) is 4.11. The molecule has 19 heavy (non-hydrogen) atoms. The normalized spacial score (nSPS) is 29.7. The van der Waals surface area contributed by atoms with E-state index >= 15 is 0 Å². The highest BCUT2D eigenvalue weighted by Gasteiger charge is 2.47. The number of carboxylic acid groups (broad SMARTS) is 1. The minimum absolute atomic E-state index is 0.0901. The van der Waals surface area contributed by atoms with Crippen molar-refractivity contribution in [3.05, 3.63) is 0 Å². The summed E-state index contributed by atoms with van der Waals surface area (Å²) in [6.07, 6.45) is 5.59. The van der Waals surface area contributed by atoms with Crippen molar-refractivity contribution >= 4 is 11.9 Å². The summed E-state index contributed by atoms with van der Waals surface area (Å²) in [4.78, 5) is 24.4. The molecule has 1 aliphatic heterocycles. The third kappa shape index (κ3) is 3.07. The Morgan fingerprint density at radius 2 is 2.05 bits per heavy atom. The van der Waals surface area contributed by atoms with Crippen molar-refractivity contribution in [3.8, 4) is 0 Å². The average Bonchev–Trinajstić information content (AvgIpc) is 2.98. The highest BCUT2D eigenvalue weighted by atomic mass is 19.1. The van der Waals surface area contributed by atoms with E-state index in [1.165, 1.54) is 30.6 Å². The Morgan fingerprint density at radius 1 is 1.42 bits per heavy atom. The Bertz CT molecular complexity index is 368. The lowest BCUT2D eigenvalue weighted by atomic mass is 9.93. The van der Waals surface area contributed by atoms with E-state index in [0.717, 1.165) is 6.42 Å². The lowest BCUT2D eigenvalue weighted by Crippen LogP contribution is -2.40. The second-order valence-electron chi connectivity index (χ2n) is 6.07. The van der Waals surface area contributed by atoms with Gasteiger partial charge in [0.25, 0.3) is 0 Å². The number of amides is 1. The van der Waals surface area contributed by atoms with Gasteiger partial charge in [-0.05, 0) is 12.3 Å². The first-order valence-electron chi connectivity index (χ1n) is 7.13. The average molecular weight is 271 g/mol. The molecule has 2 aliphatic rings. The molecule has 0 aromatic carbocycles. The number of likely N-dealkylation sites (tertiary alicyclic amines) is 1. The molecule has 0 spiro atoms. The van der Waals surface area contributed by atoms with Crippen molar-refractivity contribution < 1.29 is 19.1 Å². The molecule has 5 heteroatoms. The van der Waals surface area contributed by atoms with Gasteiger partial charge in [-0.3, -0.25) is 4.79 Å². The number of halogens is 1. The lowest BCUT2D eigenvalue weighted by Gasteiger charge is -2.23. The second kappa shape index (κ2) is 5.47. The predicted molar refractivity (Wildman–Crippen MR) is 68.4 cm³/mol. The zero-order valence-corrected chi connectivity index (χ0v) is 11.4. The summed E-state index contributed by atoms with van der Waals surface area (Å²) >= 11 is 0. The third-order valence-electron chi connectivity index (χ3n) is 4.50. The molecule has 2 rings (SSSR count). The van der Waals surface area contributed by atoms with Gasteiger partial charge < -0.3 is 10.0 Å². The minimum atomic E-state index is -2.25. The zero-order chi connectivity index (χ0) is 14.0. The summed E-state index contributed by atoms with van der Waals surface area (Å²) in [5.41, 5.74) is -2.25. The van der Waals surface area contributed by atoms with Crippen molar-refractivity contribution in [3.63, 3.8) is 0 Å². The number of aliphatic carboxylic acids is 1. The first kappa shape index (κ1) is 14.3. The van der Waals surface area contributed by atoms with Crippen LogP contribution in [0.2, 0.25) is 0 Å². The fourth-order valence-electron chi connectivity index (χ4n) is 3.29. The maximum absolute atomic E-state index is 13.9. The van der Waals surface area contributed by atoms with Crippen LogP contribution in [0.25, 0.3) is 0 Å². The van der Waals surface area contributed by atoms with Gasteiger partial charge in [-0.25, -0.2) is 9.18 Å². The van der Waals surface area contributed by atoms with E-state index in [0.29, 0.717) is 5.92 Å². The Morgan fingerprint density at radius 3 is 2.58 bits per heavy atom. The van der Waals surface area contributed by atoms with Crippen molar-refractivity contribution in [1.82, 2.24) is 4.90 Å². The minimum Gasteiger partial charge on any atom is -0.479 e. The fourth-order valence-corrected chi connectivity index (χ4v) is 3.29. The molecule has 108 valence electrons. The molecule has 2 unspecified atom stereocenters. The molecular formula is C14H22FNO3. The van der Waals surface area contributed by atoms with Crippen LogP contribution < -0.4 is 0 Å². The van der Waals surface area contributed by atoms with E-state index < -0.39 is 11.6 Å². The molecule has 4 nitrogen and oxygen atoms in total. The van der Waals surface area contributed by atoms with Crippen LogP contribution in [0.3, 0.4) is 0 Å². The van der Waals surface area contributed by atoms with E-state index in [1.54, 1.807) is 0 Å². The maximum Gasteiger partial charge on any atom is 0.343 e. The van der Waals surface area contributed by atoms with E-state index in [2.05, 4.69) is 0 Å². The van der Waals surface area contributed by atoms with Crippen LogP contribution in [-0.2, 0) is 9.59 Å². The Hall–Kier alpha value is -1.13. The smallest absolute Gasteiger partial charge is 0.343 e. The SMILES string of the molecule is CC(CC1CCCC1)C(=O)N1CCC(F)(C(=O)O)C1. The van der Waals surface area contributed by atoms with Crippen LogP contribution in [0.15, 0.2) is 0 Å². The number of carboxylic acids is 1. The van der Waals surface area contributed by atoms with Gasteiger partial charge in [0.1, 0.15) is 0 Å². The molecule has 2 atom stereocenters. The number of hydrogen-bond donors (Lipinski definition) is 1. The summed E-state index contributed by atoms with van der Waals surface area (Å²) in [6, 6.07) is 0. The van der Waals surface area contributed by atoms with Gasteiger partial charge >= 0.3 is 5.97 Å². The predicted octanol–water partition coefficient (Wildman–Crippen LogP) is 2.23. The van der Waals surface area contributed by atoms with Gasteiger partial charge in [0.15, 0.2) is 0 Å². The third-order valence-corrected chi connectivity index (χ3v) is 4.50. The number of carbonyl (C=O) groups is 2. The molecule has 1 saturated heterocycles. The van der Waals surface area contributed by atoms with Gasteiger partial charge in [0.05, 0.1) is 6.54 Å². The second-order valence-corrected chi connectivity index (χ2v) is 6.07. The maximum atomic E-state index is 13.9. The van der Waals surface area contributed by atoms with Gasteiger partial charge in [0, 0.05) is 18.9 Å². The lowest BCUT2D eigenvalue weighted by molar-refractivity contribution is -0.150. The van der Waals surface area contributed by atoms with Crippen LogP contribution in [0.1, 0.15) is 45.4 Å². The van der Waals surface area contributed by atoms with E-state index in [4.69, 9.17) is 5.11 Å². The molecule has 1 aliphatic carbocycles. The molecule has 0 radical (unpaired) electrons. The summed E-state index contributed by atoms with van der Waals surface area (Å²) in [5.74, 6) is -1.06. The molecule has 0 aromatic heterocycles. The van der Waals surface area contributed by atoms with Crippen LogP contribution in [0, 0.1) is 11.8 Å². The molecule has 2 fully saturated rings. The number of alkyl halides is 1. The topological polar surface area (TPSA) is 57.6 Å². The van der Waals surface area contributed by atoms with Crippen molar-refractivity contribution in [2.75, 3.05) is 13.1 Å². The number of rotatable bonds is 4. The van der Waals surface area contributed by atoms with Crippen LogP contribution in [0.5, 0.6) is 0 Å². The molecule has 0 aromatic rings. The molecule has 0 bridgehead atoms. The standard InChI is InChI=1S/C14H22FNO3/c1-10(8-11-4-2-3-5-11)12(17)16-7-6-14(15,9-16)13(18)19/h10-11H,2-9H2,1H3,(H,18,19). The molecule has 1 heterocycles. The molecule has 1 N–H and O–H groups in total. The monoisotopic (exact) mass is 271 g/mol. The first-order chi connectivity index (χ1) is 8.92. The van der Waals surface area contributed by atoms with Gasteiger partial charge in [-0.1, -0.05) is 32.6 Å². The zero-order valence-electron chi connectivity index (χ0n) is 11.4. The van der Waals surface area contributed by atoms with Gasteiger partial charge in [0.2, 0.25) is 11.6 Å². The summed E-state index contributed by atoms with van der Waals surface area (Å²) in [5, 5.41) is 8.83. The largest absolute Gasteiger partial charge is 0.479 e. The van der Waals surface area contributed by atoms with Crippen molar-refractivity contribution in [2.24, 2.45) is 11.8 Å². The number of carbonyl (C=O) groups excluding carboxylic acids is 1. The van der Waals surface area contributed by atoms with E-state index in [9.17, 15) is 14.0 Å². The first-order valence-corrected chi connectivity index (χ1v) is 7.13. The Balaban J connectivity index is 1.88. The van der Waals surface area contributed by atoms with Gasteiger partial charge in [-0.15, -0.1) is 0 Å². The summed E-state index contributed by atoms with van der Waals surface area (Å²) in [7, 11) is 0. The summed E-state index contributed by atoms with van der Waals surface area (Å²) < 4.78 is 13.9. The molecule has 1 saturated carbocycles. The van der Waals surface area contributed by atoms with E-state index in [1.807, 2.05) is 6.92 Å². The van der Waals surface area contributed by atoms with Gasteiger partial charge in [-0.2, -0.15) is 0 Å². The van der Waals surface area contributed by atoms with Crippen molar-refractivity contribution in [1.29, 1.82) is 0 Å². The van der Waals surface area contributed by atoms with Crippen molar-refractivity contribution in [2.45, 2.75) is 51.1 Å². The molecular weight excluding hydrogens is 249 g/mol. The van der Waals surface area contributed by atoms with E-state index in [-0.39, 0.29) is 31.3 Å². The molecule has 1 amide bonds. The summed E-state index contributed by atoms with van der Waals surface area (Å²) in [6.45, 7) is 1.80. The Labute approximate surface area is 113 Å². The van der Waals surface area contributed by atoms with Crippen LogP contribution >= 0.6 is 0 Å². The number of hydrogen-bond acceptors (Lipinski definition) is 2. The number of nitrogens with zero attached hydrogens (tertiary/aromatic N) is 1.